The zero-order valence-corrected chi connectivity index (χ0v) is 11.2. The molecule has 0 aliphatic carbocycles. The highest BCUT2D eigenvalue weighted by atomic mass is 16.5. The highest BCUT2D eigenvalue weighted by Crippen LogP contribution is 2.28. The van der Waals surface area contributed by atoms with Gasteiger partial charge < -0.3 is 15.0 Å². The van der Waals surface area contributed by atoms with Crippen LogP contribution in [0.1, 0.15) is 12.0 Å². The molecule has 1 aliphatic rings. The predicted molar refractivity (Wildman–Crippen MR) is 71.7 cm³/mol. The van der Waals surface area contributed by atoms with Gasteiger partial charge in [0.1, 0.15) is 5.54 Å². The highest BCUT2D eigenvalue weighted by molar-refractivity contribution is 5.85. The molecule has 1 atom stereocenters. The number of likely N-dealkylation sites (tertiary alicyclic amines) is 1. The summed E-state index contributed by atoms with van der Waals surface area (Å²) in [6, 6.07) is 8.00. The van der Waals surface area contributed by atoms with Gasteiger partial charge >= 0.3 is 5.97 Å². The molecule has 1 heterocycles. The molecule has 0 saturated carbocycles. The van der Waals surface area contributed by atoms with Crippen molar-refractivity contribution < 1.29 is 9.53 Å². The number of aryl methyl sites for hydroxylation is 1. The molecule has 1 N–H and O–H groups in total. The Balaban J connectivity index is 2.27. The molecule has 4 heteroatoms. The van der Waals surface area contributed by atoms with Crippen LogP contribution in [0.3, 0.4) is 0 Å². The first-order valence-corrected chi connectivity index (χ1v) is 6.18. The highest BCUT2D eigenvalue weighted by Gasteiger charge is 2.44. The molecule has 0 amide bonds. The number of methoxy groups -OCH3 is 1. The van der Waals surface area contributed by atoms with E-state index in [9.17, 15) is 4.79 Å². The van der Waals surface area contributed by atoms with Gasteiger partial charge in [0.05, 0.1) is 7.11 Å². The molecule has 18 heavy (non-hydrogen) atoms. The van der Waals surface area contributed by atoms with Crippen LogP contribution < -0.4 is 5.32 Å². The first-order chi connectivity index (χ1) is 8.57. The van der Waals surface area contributed by atoms with Crippen molar-refractivity contribution in [2.24, 2.45) is 0 Å². The van der Waals surface area contributed by atoms with Gasteiger partial charge in [0, 0.05) is 18.8 Å². The molecule has 0 aromatic heterocycles. The van der Waals surface area contributed by atoms with Crippen molar-refractivity contribution in [3.05, 3.63) is 29.8 Å². The van der Waals surface area contributed by atoms with E-state index in [2.05, 4.69) is 10.2 Å². The van der Waals surface area contributed by atoms with E-state index in [1.807, 2.05) is 38.2 Å². The second-order valence-corrected chi connectivity index (χ2v) is 5.00. The minimum absolute atomic E-state index is 0.185. The second kappa shape index (κ2) is 4.98. The van der Waals surface area contributed by atoms with Gasteiger partial charge in [0.15, 0.2) is 0 Å². The van der Waals surface area contributed by atoms with Crippen LogP contribution >= 0.6 is 0 Å². The summed E-state index contributed by atoms with van der Waals surface area (Å²) in [6.45, 7) is 3.61. The second-order valence-electron chi connectivity index (χ2n) is 5.00. The number of esters is 1. The van der Waals surface area contributed by atoms with Crippen molar-refractivity contribution in [2.75, 3.05) is 32.6 Å². The van der Waals surface area contributed by atoms with Crippen molar-refractivity contribution in [1.82, 2.24) is 4.90 Å². The Morgan fingerprint density at radius 3 is 2.72 bits per heavy atom. The Hall–Kier alpha value is -1.55. The molecule has 0 radical (unpaired) electrons. The number of anilines is 1. The van der Waals surface area contributed by atoms with Gasteiger partial charge in [0.25, 0.3) is 0 Å². The van der Waals surface area contributed by atoms with E-state index in [4.69, 9.17) is 4.74 Å². The van der Waals surface area contributed by atoms with Gasteiger partial charge in [-0.25, -0.2) is 4.79 Å². The fraction of sp³-hybridized carbons (Fsp3) is 0.500. The van der Waals surface area contributed by atoms with Crippen LogP contribution in [-0.4, -0.2) is 43.7 Å². The standard InChI is InChI=1S/C14H20N2O2/c1-11-6-4-5-7-12(11)15-14(13(17)18-3)8-9-16(2)10-14/h4-7,15H,8-10H2,1-3H3. The summed E-state index contributed by atoms with van der Waals surface area (Å²) in [5.74, 6) is -0.185. The summed E-state index contributed by atoms with van der Waals surface area (Å²) < 4.78 is 4.97. The van der Waals surface area contributed by atoms with Crippen LogP contribution in [0, 0.1) is 6.92 Å². The largest absolute Gasteiger partial charge is 0.467 e. The van der Waals surface area contributed by atoms with Crippen LogP contribution in [0.15, 0.2) is 24.3 Å². The lowest BCUT2D eigenvalue weighted by atomic mass is 9.97. The summed E-state index contributed by atoms with van der Waals surface area (Å²) in [6.07, 6.45) is 0.768. The van der Waals surface area contributed by atoms with E-state index in [1.165, 1.54) is 7.11 Å². The Morgan fingerprint density at radius 2 is 2.17 bits per heavy atom. The van der Waals surface area contributed by atoms with Gasteiger partial charge in [-0.2, -0.15) is 0 Å². The fourth-order valence-electron chi connectivity index (χ4n) is 2.49. The molecule has 2 rings (SSSR count). The zero-order valence-electron chi connectivity index (χ0n) is 11.2. The number of benzene rings is 1. The number of carbonyl (C=O) groups excluding carboxylic acids is 1. The lowest BCUT2D eigenvalue weighted by molar-refractivity contribution is -0.145. The summed E-state index contributed by atoms with van der Waals surface area (Å²) >= 11 is 0. The molecule has 0 bridgehead atoms. The van der Waals surface area contributed by atoms with Gasteiger partial charge in [-0.15, -0.1) is 0 Å². The molecular weight excluding hydrogens is 228 g/mol. The summed E-state index contributed by atoms with van der Waals surface area (Å²) in [4.78, 5) is 14.2. The van der Waals surface area contributed by atoms with E-state index in [0.717, 1.165) is 24.2 Å². The van der Waals surface area contributed by atoms with E-state index < -0.39 is 5.54 Å². The monoisotopic (exact) mass is 248 g/mol. The average Bonchev–Trinajstić information content (AvgIpc) is 2.74. The first-order valence-electron chi connectivity index (χ1n) is 6.18. The summed E-state index contributed by atoms with van der Waals surface area (Å²) in [5, 5.41) is 3.39. The normalized spacial score (nSPS) is 23.9. The maximum absolute atomic E-state index is 12.1. The van der Waals surface area contributed by atoms with Crippen molar-refractivity contribution in [3.63, 3.8) is 0 Å². The quantitative estimate of drug-likeness (QED) is 0.826. The number of rotatable bonds is 3. The van der Waals surface area contributed by atoms with E-state index in [1.54, 1.807) is 0 Å². The third-order valence-corrected chi connectivity index (χ3v) is 3.56. The molecule has 1 aromatic carbocycles. The van der Waals surface area contributed by atoms with Crippen molar-refractivity contribution in [1.29, 1.82) is 0 Å². The molecule has 0 spiro atoms. The number of carbonyl (C=O) groups is 1. The zero-order chi connectivity index (χ0) is 13.2. The SMILES string of the molecule is COC(=O)C1(Nc2ccccc2C)CCN(C)C1. The Bertz CT molecular complexity index is 447. The number of likely N-dealkylation sites (N-methyl/N-ethyl adjacent to an activating group) is 1. The number of hydrogen-bond donors (Lipinski definition) is 1. The Labute approximate surface area is 108 Å². The minimum Gasteiger partial charge on any atom is -0.467 e. The minimum atomic E-state index is -0.615. The van der Waals surface area contributed by atoms with E-state index in [0.29, 0.717) is 6.54 Å². The van der Waals surface area contributed by atoms with Gasteiger partial charge in [-0.3, -0.25) is 0 Å². The summed E-state index contributed by atoms with van der Waals surface area (Å²) in [7, 11) is 3.46. The van der Waals surface area contributed by atoms with Crippen LogP contribution in [-0.2, 0) is 9.53 Å². The molecule has 1 fully saturated rings. The average molecular weight is 248 g/mol. The number of ether oxygens (including phenoxy) is 1. The van der Waals surface area contributed by atoms with Crippen LogP contribution in [0.5, 0.6) is 0 Å². The first kappa shape index (κ1) is 12.9. The van der Waals surface area contributed by atoms with Gasteiger partial charge in [-0.05, 0) is 32.0 Å². The summed E-state index contributed by atoms with van der Waals surface area (Å²) in [5.41, 5.74) is 1.52. The van der Waals surface area contributed by atoms with Crippen LogP contribution in [0.25, 0.3) is 0 Å². The van der Waals surface area contributed by atoms with E-state index in [-0.39, 0.29) is 5.97 Å². The molecule has 1 aromatic rings. The number of hydrogen-bond acceptors (Lipinski definition) is 4. The third-order valence-electron chi connectivity index (χ3n) is 3.56. The maximum atomic E-state index is 12.1. The van der Waals surface area contributed by atoms with E-state index >= 15 is 0 Å². The van der Waals surface area contributed by atoms with Crippen LogP contribution in [0.4, 0.5) is 5.69 Å². The van der Waals surface area contributed by atoms with Crippen molar-refractivity contribution >= 4 is 11.7 Å². The molecule has 1 saturated heterocycles. The fourth-order valence-corrected chi connectivity index (χ4v) is 2.49. The predicted octanol–water partition coefficient (Wildman–Crippen LogP) is 1.65. The molecule has 1 unspecified atom stereocenters. The number of para-hydroxylation sites is 1. The van der Waals surface area contributed by atoms with Gasteiger partial charge in [-0.1, -0.05) is 18.2 Å². The van der Waals surface area contributed by atoms with Gasteiger partial charge in [0.2, 0.25) is 0 Å². The Kier molecular flexibility index (Phi) is 3.57. The van der Waals surface area contributed by atoms with Crippen molar-refractivity contribution in [2.45, 2.75) is 18.9 Å². The topological polar surface area (TPSA) is 41.6 Å². The maximum Gasteiger partial charge on any atom is 0.332 e. The number of nitrogens with zero attached hydrogens (tertiary/aromatic N) is 1. The molecular formula is C14H20N2O2. The molecule has 4 nitrogen and oxygen atoms in total. The number of nitrogens with one attached hydrogen (secondary N) is 1. The van der Waals surface area contributed by atoms with Crippen LogP contribution in [0.2, 0.25) is 0 Å². The molecule has 98 valence electrons. The lowest BCUT2D eigenvalue weighted by Gasteiger charge is -2.29. The Morgan fingerprint density at radius 1 is 1.44 bits per heavy atom. The third kappa shape index (κ3) is 2.34. The lowest BCUT2D eigenvalue weighted by Crippen LogP contribution is -2.49. The van der Waals surface area contributed by atoms with Crippen molar-refractivity contribution in [3.8, 4) is 0 Å². The smallest absolute Gasteiger partial charge is 0.332 e. The molecule has 1 aliphatic heterocycles.